The van der Waals surface area contributed by atoms with Crippen molar-refractivity contribution in [2.75, 3.05) is 0 Å². The second-order valence-electron chi connectivity index (χ2n) is 5.82. The normalized spacial score (nSPS) is 20.6. The molecular formula is C16H15Cl2N3O3. The molecule has 1 fully saturated rings. The topological polar surface area (TPSA) is 75.4 Å². The maximum absolute atomic E-state index is 12.9. The van der Waals surface area contributed by atoms with Gasteiger partial charge in [-0.3, -0.25) is 9.69 Å². The van der Waals surface area contributed by atoms with Crippen molar-refractivity contribution in [1.29, 1.82) is 0 Å². The molecule has 8 heteroatoms. The number of aryl methyl sites for hydroxylation is 2. The summed E-state index contributed by atoms with van der Waals surface area (Å²) in [5, 5.41) is 3.45. The minimum atomic E-state index is -1.27. The number of urea groups is 1. The van der Waals surface area contributed by atoms with Crippen LogP contribution >= 0.6 is 23.2 Å². The molecular weight excluding hydrogens is 353 g/mol. The third-order valence-corrected chi connectivity index (χ3v) is 4.66. The molecule has 1 aliphatic heterocycles. The van der Waals surface area contributed by atoms with Crippen molar-refractivity contribution in [1.82, 2.24) is 15.2 Å². The van der Waals surface area contributed by atoms with Gasteiger partial charge in [0.25, 0.3) is 5.91 Å². The van der Waals surface area contributed by atoms with Gasteiger partial charge in [0.05, 0.1) is 5.69 Å². The van der Waals surface area contributed by atoms with Gasteiger partial charge in [0, 0.05) is 15.6 Å². The summed E-state index contributed by atoms with van der Waals surface area (Å²) >= 11 is 12.1. The van der Waals surface area contributed by atoms with E-state index in [2.05, 4.69) is 10.3 Å². The van der Waals surface area contributed by atoms with Crippen molar-refractivity contribution in [2.24, 2.45) is 0 Å². The minimum Gasteiger partial charge on any atom is -0.444 e. The van der Waals surface area contributed by atoms with Crippen LogP contribution in [0.15, 0.2) is 22.6 Å². The average molecular weight is 368 g/mol. The number of aromatic nitrogens is 1. The van der Waals surface area contributed by atoms with Crippen molar-refractivity contribution in [3.8, 4) is 0 Å². The van der Waals surface area contributed by atoms with Gasteiger partial charge in [-0.25, -0.2) is 9.78 Å². The Bertz CT molecular complexity index is 830. The third-order valence-electron chi connectivity index (χ3n) is 4.11. The molecule has 1 aromatic heterocycles. The molecule has 1 unspecified atom stereocenters. The van der Waals surface area contributed by atoms with E-state index < -0.39 is 17.5 Å². The number of imide groups is 1. The lowest BCUT2D eigenvalue weighted by molar-refractivity contribution is -0.131. The summed E-state index contributed by atoms with van der Waals surface area (Å²) in [5.74, 6) is 0.533. The summed E-state index contributed by atoms with van der Waals surface area (Å²) in [6.07, 6.45) is 0. The maximum Gasteiger partial charge on any atom is 0.325 e. The summed E-state index contributed by atoms with van der Waals surface area (Å²) in [7, 11) is 0. The number of hydrogen-bond acceptors (Lipinski definition) is 4. The summed E-state index contributed by atoms with van der Waals surface area (Å²) in [6.45, 7) is 5.13. The monoisotopic (exact) mass is 367 g/mol. The first kappa shape index (κ1) is 16.8. The predicted molar refractivity (Wildman–Crippen MR) is 88.9 cm³/mol. The Labute approximate surface area is 148 Å². The standard InChI is InChI=1S/C16H15Cl2N3O3/c1-8-9(2)24-13(19-8)7-21-14(22)16(3,20-15(21)23)11-5-4-10(17)6-12(11)18/h4-6H,7H2,1-3H3,(H,20,23). The lowest BCUT2D eigenvalue weighted by atomic mass is 9.92. The lowest BCUT2D eigenvalue weighted by Gasteiger charge is -2.23. The number of carbonyl (C=O) groups excluding carboxylic acids is 2. The van der Waals surface area contributed by atoms with Crippen molar-refractivity contribution in [3.05, 3.63) is 51.2 Å². The Hall–Kier alpha value is -2.05. The lowest BCUT2D eigenvalue weighted by Crippen LogP contribution is -2.41. The van der Waals surface area contributed by atoms with Crippen LogP contribution in [-0.2, 0) is 16.9 Å². The van der Waals surface area contributed by atoms with Crippen LogP contribution in [0.1, 0.15) is 29.8 Å². The molecule has 1 aliphatic rings. The van der Waals surface area contributed by atoms with E-state index in [1.165, 1.54) is 6.07 Å². The molecule has 3 rings (SSSR count). The smallest absolute Gasteiger partial charge is 0.325 e. The largest absolute Gasteiger partial charge is 0.444 e. The third kappa shape index (κ3) is 2.65. The van der Waals surface area contributed by atoms with Crippen LogP contribution in [0.4, 0.5) is 4.79 Å². The zero-order valence-electron chi connectivity index (χ0n) is 13.3. The van der Waals surface area contributed by atoms with E-state index in [0.717, 1.165) is 10.6 Å². The van der Waals surface area contributed by atoms with E-state index in [0.29, 0.717) is 27.3 Å². The highest BCUT2D eigenvalue weighted by atomic mass is 35.5. The number of halogens is 2. The molecule has 2 heterocycles. The van der Waals surface area contributed by atoms with E-state index in [9.17, 15) is 9.59 Å². The maximum atomic E-state index is 12.9. The second kappa shape index (κ2) is 5.79. The van der Waals surface area contributed by atoms with Crippen LogP contribution in [0, 0.1) is 13.8 Å². The van der Waals surface area contributed by atoms with E-state index in [1.807, 2.05) is 0 Å². The Morgan fingerprint density at radius 2 is 2.00 bits per heavy atom. The fourth-order valence-corrected chi connectivity index (χ4v) is 3.26. The number of oxazole rings is 1. The van der Waals surface area contributed by atoms with E-state index in [1.54, 1.807) is 32.9 Å². The van der Waals surface area contributed by atoms with Crippen LogP contribution < -0.4 is 5.32 Å². The molecule has 126 valence electrons. The molecule has 3 amide bonds. The van der Waals surface area contributed by atoms with Crippen LogP contribution in [0.5, 0.6) is 0 Å². The van der Waals surface area contributed by atoms with Crippen LogP contribution in [0.3, 0.4) is 0 Å². The Morgan fingerprint density at radius 3 is 2.58 bits per heavy atom. The minimum absolute atomic E-state index is 0.0415. The van der Waals surface area contributed by atoms with Gasteiger partial charge in [-0.15, -0.1) is 0 Å². The summed E-state index contributed by atoms with van der Waals surface area (Å²) in [5.41, 5.74) is -0.0649. The highest BCUT2D eigenvalue weighted by Gasteiger charge is 2.50. The first-order valence-electron chi connectivity index (χ1n) is 7.25. The van der Waals surface area contributed by atoms with Crippen LogP contribution in [0.2, 0.25) is 10.0 Å². The summed E-state index contributed by atoms with van der Waals surface area (Å²) in [6, 6.07) is 4.26. The molecule has 0 radical (unpaired) electrons. The Kier molecular flexibility index (Phi) is 4.05. The zero-order chi connectivity index (χ0) is 17.6. The Balaban J connectivity index is 1.93. The summed E-state index contributed by atoms with van der Waals surface area (Å²) < 4.78 is 5.46. The number of nitrogens with zero attached hydrogens (tertiary/aromatic N) is 2. The van der Waals surface area contributed by atoms with Crippen molar-refractivity contribution >= 4 is 35.1 Å². The predicted octanol–water partition coefficient (Wildman–Crippen LogP) is 3.57. The number of rotatable bonds is 3. The van der Waals surface area contributed by atoms with Gasteiger partial charge in [-0.1, -0.05) is 29.3 Å². The highest BCUT2D eigenvalue weighted by molar-refractivity contribution is 6.35. The first-order valence-corrected chi connectivity index (χ1v) is 8.00. The van der Waals surface area contributed by atoms with Crippen molar-refractivity contribution in [2.45, 2.75) is 32.9 Å². The van der Waals surface area contributed by atoms with Gasteiger partial charge >= 0.3 is 6.03 Å². The average Bonchev–Trinajstić information content (AvgIpc) is 2.91. The molecule has 0 bridgehead atoms. The van der Waals surface area contributed by atoms with Gasteiger partial charge in [0.15, 0.2) is 0 Å². The van der Waals surface area contributed by atoms with Crippen LogP contribution in [0.25, 0.3) is 0 Å². The number of benzene rings is 1. The number of carbonyl (C=O) groups is 2. The van der Waals surface area contributed by atoms with E-state index in [-0.39, 0.29) is 6.54 Å². The molecule has 1 N–H and O–H groups in total. The summed E-state index contributed by atoms with van der Waals surface area (Å²) in [4.78, 5) is 30.4. The molecule has 0 aliphatic carbocycles. The van der Waals surface area contributed by atoms with Crippen LogP contribution in [-0.4, -0.2) is 21.8 Å². The van der Waals surface area contributed by atoms with Gasteiger partial charge < -0.3 is 9.73 Å². The fourth-order valence-electron chi connectivity index (χ4n) is 2.66. The Morgan fingerprint density at radius 1 is 1.29 bits per heavy atom. The zero-order valence-corrected chi connectivity index (χ0v) is 14.8. The fraction of sp³-hybridized carbons (Fsp3) is 0.312. The number of amides is 3. The number of nitrogens with one attached hydrogen (secondary N) is 1. The van der Waals surface area contributed by atoms with Crippen molar-refractivity contribution < 1.29 is 14.0 Å². The molecule has 1 atom stereocenters. The molecule has 0 spiro atoms. The van der Waals surface area contributed by atoms with Gasteiger partial charge in [-0.2, -0.15) is 0 Å². The highest BCUT2D eigenvalue weighted by Crippen LogP contribution is 2.35. The van der Waals surface area contributed by atoms with E-state index >= 15 is 0 Å². The molecule has 0 saturated carbocycles. The molecule has 2 aromatic rings. The molecule has 24 heavy (non-hydrogen) atoms. The quantitative estimate of drug-likeness (QED) is 0.841. The molecule has 1 saturated heterocycles. The number of hydrogen-bond donors (Lipinski definition) is 1. The second-order valence-corrected chi connectivity index (χ2v) is 6.66. The molecule has 6 nitrogen and oxygen atoms in total. The van der Waals surface area contributed by atoms with E-state index in [4.69, 9.17) is 27.6 Å². The van der Waals surface area contributed by atoms with Gasteiger partial charge in [-0.05, 0) is 32.9 Å². The van der Waals surface area contributed by atoms with Gasteiger partial charge in [0.2, 0.25) is 5.89 Å². The SMILES string of the molecule is Cc1nc(CN2C(=O)NC(C)(c3ccc(Cl)cc3Cl)C2=O)oc1C. The molecule has 1 aromatic carbocycles. The van der Waals surface area contributed by atoms with Crippen molar-refractivity contribution in [3.63, 3.8) is 0 Å². The first-order chi connectivity index (χ1) is 11.2. The van der Waals surface area contributed by atoms with Gasteiger partial charge in [0.1, 0.15) is 17.8 Å².